The van der Waals surface area contributed by atoms with Gasteiger partial charge in [0.15, 0.2) is 11.5 Å². The van der Waals surface area contributed by atoms with Gasteiger partial charge in [0.2, 0.25) is 5.91 Å². The molecule has 0 N–H and O–H groups in total. The molecule has 0 saturated heterocycles. The standard InChI is InChI=1S/C20H27NO3/c1-14(22)21-12-11-15-13-18(23-2)20(24-3)16-9-7-5-4-6-8-10-17(21)19(15)16/h5,7,13,17H,4,6,8-12H2,1-3H3/b7-5+. The fourth-order valence-corrected chi connectivity index (χ4v) is 4.11. The molecular formula is C20H27NO3. The second-order valence-corrected chi connectivity index (χ2v) is 6.60. The van der Waals surface area contributed by atoms with Crippen molar-refractivity contribution in [3.63, 3.8) is 0 Å². The van der Waals surface area contributed by atoms with Crippen molar-refractivity contribution in [3.05, 3.63) is 34.9 Å². The van der Waals surface area contributed by atoms with Crippen LogP contribution in [0.5, 0.6) is 11.5 Å². The molecule has 1 amide bonds. The van der Waals surface area contributed by atoms with Crippen molar-refractivity contribution in [2.75, 3.05) is 20.8 Å². The number of rotatable bonds is 2. The first-order valence-electron chi connectivity index (χ1n) is 8.86. The van der Waals surface area contributed by atoms with Gasteiger partial charge in [-0.15, -0.1) is 0 Å². The first-order chi connectivity index (χ1) is 11.7. The summed E-state index contributed by atoms with van der Waals surface area (Å²) in [5.74, 6) is 1.78. The fourth-order valence-electron chi connectivity index (χ4n) is 4.11. The smallest absolute Gasteiger partial charge is 0.219 e. The largest absolute Gasteiger partial charge is 0.493 e. The van der Waals surface area contributed by atoms with Crippen LogP contribution in [0.2, 0.25) is 0 Å². The zero-order valence-electron chi connectivity index (χ0n) is 14.9. The third kappa shape index (κ3) is 3.02. The van der Waals surface area contributed by atoms with Gasteiger partial charge in [0, 0.05) is 19.0 Å². The van der Waals surface area contributed by atoms with Crippen LogP contribution in [0.1, 0.15) is 55.3 Å². The van der Waals surface area contributed by atoms with Gasteiger partial charge in [0.05, 0.1) is 20.3 Å². The minimum Gasteiger partial charge on any atom is -0.493 e. The molecule has 0 fully saturated rings. The van der Waals surface area contributed by atoms with E-state index in [1.54, 1.807) is 21.1 Å². The monoisotopic (exact) mass is 329 g/mol. The SMILES string of the molecule is COc1cc2c3c(c1OC)C/C=C/CCCCC3N(C(C)=O)CC2. The van der Waals surface area contributed by atoms with Gasteiger partial charge in [-0.1, -0.05) is 18.6 Å². The van der Waals surface area contributed by atoms with E-state index in [1.165, 1.54) is 23.1 Å². The molecule has 0 bridgehead atoms. The maximum atomic E-state index is 12.2. The molecule has 130 valence electrons. The van der Waals surface area contributed by atoms with Crippen molar-refractivity contribution in [2.24, 2.45) is 0 Å². The molecule has 1 unspecified atom stereocenters. The number of hydrogen-bond donors (Lipinski definition) is 0. The Bertz CT molecular complexity index is 651. The zero-order valence-corrected chi connectivity index (χ0v) is 14.9. The summed E-state index contributed by atoms with van der Waals surface area (Å²) in [6.45, 7) is 2.47. The molecule has 4 nitrogen and oxygen atoms in total. The number of allylic oxidation sites excluding steroid dienone is 2. The van der Waals surface area contributed by atoms with Crippen LogP contribution in [-0.4, -0.2) is 31.6 Å². The summed E-state index contributed by atoms with van der Waals surface area (Å²) >= 11 is 0. The summed E-state index contributed by atoms with van der Waals surface area (Å²) in [5.41, 5.74) is 3.78. The van der Waals surface area contributed by atoms with Gasteiger partial charge in [0.25, 0.3) is 0 Å². The molecule has 4 heteroatoms. The first-order valence-corrected chi connectivity index (χ1v) is 8.86. The maximum absolute atomic E-state index is 12.2. The summed E-state index contributed by atoms with van der Waals surface area (Å²) in [6.07, 6.45) is 10.6. The van der Waals surface area contributed by atoms with E-state index in [1.807, 2.05) is 4.90 Å². The van der Waals surface area contributed by atoms with Crippen molar-refractivity contribution in [2.45, 2.75) is 51.5 Å². The Labute approximate surface area is 144 Å². The third-order valence-corrected chi connectivity index (χ3v) is 5.22. The minimum atomic E-state index is 0.160. The number of nitrogens with zero attached hydrogens (tertiary/aromatic N) is 1. The van der Waals surface area contributed by atoms with Crippen LogP contribution in [-0.2, 0) is 17.6 Å². The van der Waals surface area contributed by atoms with E-state index in [0.29, 0.717) is 0 Å². The van der Waals surface area contributed by atoms with Crippen molar-refractivity contribution >= 4 is 5.91 Å². The maximum Gasteiger partial charge on any atom is 0.219 e. The molecule has 1 aliphatic carbocycles. The molecule has 1 atom stereocenters. The van der Waals surface area contributed by atoms with E-state index in [0.717, 1.165) is 50.1 Å². The Morgan fingerprint density at radius 1 is 1.21 bits per heavy atom. The summed E-state index contributed by atoms with van der Waals surface area (Å²) in [7, 11) is 3.39. The highest BCUT2D eigenvalue weighted by molar-refractivity contribution is 5.75. The number of hydrogen-bond acceptors (Lipinski definition) is 3. The van der Waals surface area contributed by atoms with Crippen LogP contribution in [0.25, 0.3) is 0 Å². The number of benzene rings is 1. The Balaban J connectivity index is 2.20. The van der Waals surface area contributed by atoms with Gasteiger partial charge < -0.3 is 14.4 Å². The number of methoxy groups -OCH3 is 2. The van der Waals surface area contributed by atoms with E-state index in [9.17, 15) is 4.79 Å². The molecule has 1 aromatic carbocycles. The lowest BCUT2D eigenvalue weighted by molar-refractivity contribution is -0.131. The summed E-state index contributed by atoms with van der Waals surface area (Å²) in [6, 6.07) is 2.27. The zero-order chi connectivity index (χ0) is 17.1. The number of ether oxygens (including phenoxy) is 2. The van der Waals surface area contributed by atoms with E-state index in [4.69, 9.17) is 9.47 Å². The fraction of sp³-hybridized carbons (Fsp3) is 0.550. The van der Waals surface area contributed by atoms with Crippen molar-refractivity contribution in [1.29, 1.82) is 0 Å². The van der Waals surface area contributed by atoms with E-state index in [2.05, 4.69) is 18.2 Å². The summed E-state index contributed by atoms with van der Waals surface area (Å²) in [4.78, 5) is 14.2. The molecule has 0 saturated carbocycles. The predicted octanol–water partition coefficient (Wildman–Crippen LogP) is 3.82. The van der Waals surface area contributed by atoms with Gasteiger partial charge in [-0.05, 0) is 49.3 Å². The van der Waals surface area contributed by atoms with Gasteiger partial charge in [-0.3, -0.25) is 4.79 Å². The van der Waals surface area contributed by atoms with Crippen LogP contribution >= 0.6 is 0 Å². The highest BCUT2D eigenvalue weighted by atomic mass is 16.5. The lowest BCUT2D eigenvalue weighted by Gasteiger charge is -2.39. The molecule has 3 rings (SSSR count). The highest BCUT2D eigenvalue weighted by Gasteiger charge is 2.33. The van der Waals surface area contributed by atoms with Crippen LogP contribution in [0.4, 0.5) is 0 Å². The van der Waals surface area contributed by atoms with Crippen molar-refractivity contribution < 1.29 is 14.3 Å². The Morgan fingerprint density at radius 3 is 2.75 bits per heavy atom. The summed E-state index contributed by atoms with van der Waals surface area (Å²) in [5, 5.41) is 0. The molecule has 0 radical (unpaired) electrons. The molecule has 1 aromatic rings. The number of amides is 1. The second-order valence-electron chi connectivity index (χ2n) is 6.60. The predicted molar refractivity (Wildman–Crippen MR) is 94.7 cm³/mol. The Morgan fingerprint density at radius 2 is 2.04 bits per heavy atom. The molecule has 0 spiro atoms. The minimum absolute atomic E-state index is 0.160. The van der Waals surface area contributed by atoms with Gasteiger partial charge in [-0.2, -0.15) is 0 Å². The Hall–Kier alpha value is -1.97. The topological polar surface area (TPSA) is 38.8 Å². The van der Waals surface area contributed by atoms with Crippen LogP contribution in [0.3, 0.4) is 0 Å². The third-order valence-electron chi connectivity index (χ3n) is 5.22. The van der Waals surface area contributed by atoms with Crippen LogP contribution < -0.4 is 9.47 Å². The lowest BCUT2D eigenvalue weighted by Crippen LogP contribution is -2.39. The van der Waals surface area contributed by atoms with Crippen molar-refractivity contribution in [1.82, 2.24) is 4.90 Å². The first kappa shape index (κ1) is 16.9. The van der Waals surface area contributed by atoms with E-state index in [-0.39, 0.29) is 11.9 Å². The Kier molecular flexibility index (Phi) is 5.12. The lowest BCUT2D eigenvalue weighted by atomic mass is 9.83. The molecule has 24 heavy (non-hydrogen) atoms. The quantitative estimate of drug-likeness (QED) is 0.774. The molecule has 1 aliphatic heterocycles. The van der Waals surface area contributed by atoms with E-state index >= 15 is 0 Å². The molecule has 0 aromatic heterocycles. The molecule has 2 aliphatic rings. The average molecular weight is 329 g/mol. The highest BCUT2D eigenvalue weighted by Crippen LogP contribution is 2.44. The van der Waals surface area contributed by atoms with Crippen molar-refractivity contribution in [3.8, 4) is 11.5 Å². The second kappa shape index (κ2) is 7.29. The number of carbonyl (C=O) groups excluding carboxylic acids is 1. The van der Waals surface area contributed by atoms with Gasteiger partial charge >= 0.3 is 0 Å². The summed E-state index contributed by atoms with van der Waals surface area (Å²) < 4.78 is 11.3. The van der Waals surface area contributed by atoms with Crippen LogP contribution in [0.15, 0.2) is 18.2 Å². The van der Waals surface area contributed by atoms with Gasteiger partial charge in [-0.25, -0.2) is 0 Å². The van der Waals surface area contributed by atoms with Gasteiger partial charge in [0.1, 0.15) is 0 Å². The normalized spacial score (nSPS) is 21.6. The van der Waals surface area contributed by atoms with Crippen LogP contribution in [0, 0.1) is 0 Å². The molecule has 1 heterocycles. The number of carbonyl (C=O) groups is 1. The van der Waals surface area contributed by atoms with E-state index < -0.39 is 0 Å². The molecular weight excluding hydrogens is 302 g/mol. The average Bonchev–Trinajstić information content (AvgIpc) is 2.59.